The van der Waals surface area contributed by atoms with Gasteiger partial charge in [-0.1, -0.05) is 142 Å². The maximum absolute atomic E-state index is 3.70. The Bertz CT molecular complexity index is 1120. The predicted molar refractivity (Wildman–Crippen MR) is 154 cm³/mol. The first-order valence-electron chi connectivity index (χ1n) is 11.8. The summed E-state index contributed by atoms with van der Waals surface area (Å²) in [6.07, 6.45) is 2.35. The molecular formula is C32H32P2. The first-order valence-corrected chi connectivity index (χ1v) is 14.6. The Morgan fingerprint density at radius 3 is 1.26 bits per heavy atom. The SMILES string of the molecule is CC(C)(C)C(C=C=CP(c1ccccc1)c1ccccc1)P(c1ccccc1)c1ccccc1. The largest absolute Gasteiger partial charge is 0.123 e. The zero-order valence-electron chi connectivity index (χ0n) is 20.2. The standard InChI is InChI=1S/C32H32P2/c1-32(2,3)31(34(29-21-12-6-13-22-29)30-23-14-7-15-24-30)25-16-26-33(27-17-8-4-9-18-27)28-19-10-5-11-20-28/h4-15,17-26,31H,1-3H3. The quantitative estimate of drug-likeness (QED) is 0.193. The number of rotatable bonds is 7. The highest BCUT2D eigenvalue weighted by Crippen LogP contribution is 2.48. The summed E-state index contributed by atoms with van der Waals surface area (Å²) in [6, 6.07) is 43.7. The summed E-state index contributed by atoms with van der Waals surface area (Å²) in [7, 11) is -1.18. The van der Waals surface area contributed by atoms with Crippen LogP contribution in [0.25, 0.3) is 0 Å². The molecule has 0 fully saturated rings. The van der Waals surface area contributed by atoms with Gasteiger partial charge in [0.15, 0.2) is 0 Å². The van der Waals surface area contributed by atoms with Gasteiger partial charge in [0, 0.05) is 5.66 Å². The molecule has 4 aromatic carbocycles. The van der Waals surface area contributed by atoms with Crippen LogP contribution in [-0.2, 0) is 0 Å². The van der Waals surface area contributed by atoms with Crippen LogP contribution < -0.4 is 21.2 Å². The van der Waals surface area contributed by atoms with Gasteiger partial charge in [0.25, 0.3) is 0 Å². The van der Waals surface area contributed by atoms with Crippen LogP contribution in [0.2, 0.25) is 0 Å². The van der Waals surface area contributed by atoms with E-state index in [1.807, 2.05) is 0 Å². The Kier molecular flexibility index (Phi) is 8.32. The van der Waals surface area contributed by atoms with E-state index in [-0.39, 0.29) is 5.41 Å². The summed E-state index contributed by atoms with van der Waals surface area (Å²) in [5.74, 6) is 2.31. The fourth-order valence-electron chi connectivity index (χ4n) is 4.04. The third kappa shape index (κ3) is 6.23. The van der Waals surface area contributed by atoms with Gasteiger partial charge in [-0.3, -0.25) is 0 Å². The monoisotopic (exact) mass is 478 g/mol. The summed E-state index contributed by atoms with van der Waals surface area (Å²) in [6.45, 7) is 7.07. The number of allylic oxidation sites excluding steroid dienone is 1. The lowest BCUT2D eigenvalue weighted by atomic mass is 9.91. The van der Waals surface area contributed by atoms with E-state index in [2.05, 4.69) is 160 Å². The highest BCUT2D eigenvalue weighted by molar-refractivity contribution is 7.75. The first-order chi connectivity index (χ1) is 16.5. The highest BCUT2D eigenvalue weighted by atomic mass is 31.1. The number of hydrogen-bond acceptors (Lipinski definition) is 0. The van der Waals surface area contributed by atoms with Crippen LogP contribution in [0.4, 0.5) is 0 Å². The van der Waals surface area contributed by atoms with Gasteiger partial charge in [-0.25, -0.2) is 0 Å². The van der Waals surface area contributed by atoms with Crippen molar-refractivity contribution in [3.05, 3.63) is 139 Å². The minimum absolute atomic E-state index is 0.0977. The third-order valence-corrected chi connectivity index (χ3v) is 11.1. The smallest absolute Gasteiger partial charge is 0.0175 e. The van der Waals surface area contributed by atoms with Gasteiger partial charge in [0.05, 0.1) is 0 Å². The van der Waals surface area contributed by atoms with Crippen molar-refractivity contribution >= 4 is 37.1 Å². The maximum Gasteiger partial charge on any atom is 0.0175 e. The van der Waals surface area contributed by atoms with Crippen LogP contribution in [0, 0.1) is 5.41 Å². The molecule has 1 atom stereocenters. The molecule has 170 valence electrons. The average Bonchev–Trinajstić information content (AvgIpc) is 2.87. The molecule has 0 heterocycles. The Hall–Kier alpha value is -2.74. The molecule has 1 unspecified atom stereocenters. The summed E-state index contributed by atoms with van der Waals surface area (Å²) in [4.78, 5) is 0. The van der Waals surface area contributed by atoms with Crippen molar-refractivity contribution < 1.29 is 0 Å². The molecule has 0 aliphatic heterocycles. The Balaban J connectivity index is 1.78. The number of benzene rings is 4. The van der Waals surface area contributed by atoms with Gasteiger partial charge in [-0.05, 0) is 54.4 Å². The van der Waals surface area contributed by atoms with Crippen molar-refractivity contribution in [3.8, 4) is 0 Å². The van der Waals surface area contributed by atoms with Gasteiger partial charge >= 0.3 is 0 Å². The van der Waals surface area contributed by atoms with E-state index in [1.54, 1.807) is 0 Å². The second-order valence-corrected chi connectivity index (χ2v) is 13.7. The lowest BCUT2D eigenvalue weighted by Crippen LogP contribution is -2.30. The van der Waals surface area contributed by atoms with Crippen molar-refractivity contribution in [1.82, 2.24) is 0 Å². The van der Waals surface area contributed by atoms with E-state index in [9.17, 15) is 0 Å². The van der Waals surface area contributed by atoms with Crippen molar-refractivity contribution in [2.75, 3.05) is 0 Å². The third-order valence-electron chi connectivity index (χ3n) is 5.76. The zero-order valence-corrected chi connectivity index (χ0v) is 22.0. The molecule has 4 rings (SSSR count). The molecule has 0 saturated carbocycles. The second-order valence-electron chi connectivity index (χ2n) is 9.36. The molecule has 0 radical (unpaired) electrons. The molecule has 0 N–H and O–H groups in total. The van der Waals surface area contributed by atoms with Crippen LogP contribution in [0.1, 0.15) is 20.8 Å². The molecule has 0 nitrogen and oxygen atoms in total. The van der Waals surface area contributed by atoms with E-state index < -0.39 is 15.8 Å². The van der Waals surface area contributed by atoms with Crippen LogP contribution in [0.5, 0.6) is 0 Å². The second kappa shape index (κ2) is 11.6. The summed E-state index contributed by atoms with van der Waals surface area (Å²) in [5, 5.41) is 5.53. The summed E-state index contributed by atoms with van der Waals surface area (Å²) >= 11 is 0. The van der Waals surface area contributed by atoms with Crippen molar-refractivity contribution in [2.45, 2.75) is 26.4 Å². The molecule has 0 aromatic heterocycles. The van der Waals surface area contributed by atoms with Gasteiger partial charge in [0.1, 0.15) is 0 Å². The molecule has 0 saturated heterocycles. The zero-order chi connectivity index (χ0) is 23.8. The predicted octanol–water partition coefficient (Wildman–Crippen LogP) is 7.34. The van der Waals surface area contributed by atoms with E-state index in [4.69, 9.17) is 0 Å². The fourth-order valence-corrected chi connectivity index (χ4v) is 8.80. The Labute approximate surface area is 207 Å². The average molecular weight is 479 g/mol. The molecule has 0 aliphatic carbocycles. The van der Waals surface area contributed by atoms with Gasteiger partial charge in [0.2, 0.25) is 0 Å². The molecule has 2 heteroatoms. The van der Waals surface area contributed by atoms with E-state index in [1.165, 1.54) is 21.2 Å². The van der Waals surface area contributed by atoms with Gasteiger partial charge in [-0.2, -0.15) is 0 Å². The maximum atomic E-state index is 3.70. The van der Waals surface area contributed by atoms with Crippen molar-refractivity contribution in [3.63, 3.8) is 0 Å². The van der Waals surface area contributed by atoms with Gasteiger partial charge in [-0.15, -0.1) is 5.73 Å². The van der Waals surface area contributed by atoms with E-state index in [0.29, 0.717) is 5.66 Å². The molecule has 4 aromatic rings. The normalized spacial score (nSPS) is 12.3. The highest BCUT2D eigenvalue weighted by Gasteiger charge is 2.32. The van der Waals surface area contributed by atoms with Crippen LogP contribution in [0.3, 0.4) is 0 Å². The summed E-state index contributed by atoms with van der Waals surface area (Å²) in [5.41, 5.74) is 4.16. The number of hydrogen-bond donors (Lipinski definition) is 0. The van der Waals surface area contributed by atoms with E-state index >= 15 is 0 Å². The van der Waals surface area contributed by atoms with Crippen molar-refractivity contribution in [1.29, 1.82) is 0 Å². The van der Waals surface area contributed by atoms with Gasteiger partial charge < -0.3 is 0 Å². The molecule has 0 amide bonds. The van der Waals surface area contributed by atoms with Crippen LogP contribution in [0.15, 0.2) is 139 Å². The fraction of sp³-hybridized carbons (Fsp3) is 0.156. The Morgan fingerprint density at radius 1 is 0.559 bits per heavy atom. The molecule has 34 heavy (non-hydrogen) atoms. The van der Waals surface area contributed by atoms with E-state index in [0.717, 1.165) is 0 Å². The van der Waals surface area contributed by atoms with Crippen LogP contribution >= 0.6 is 15.8 Å². The lowest BCUT2D eigenvalue weighted by molar-refractivity contribution is 0.430. The molecule has 0 bridgehead atoms. The topological polar surface area (TPSA) is 0 Å². The minimum Gasteiger partial charge on any atom is -0.123 e. The molecule has 0 spiro atoms. The molecular weight excluding hydrogens is 446 g/mol. The Morgan fingerprint density at radius 2 is 0.912 bits per heavy atom. The summed E-state index contributed by atoms with van der Waals surface area (Å²) < 4.78 is 0. The molecule has 0 aliphatic rings. The first kappa shape index (κ1) is 24.4. The lowest BCUT2D eigenvalue weighted by Gasteiger charge is -2.35. The van der Waals surface area contributed by atoms with Crippen LogP contribution in [-0.4, -0.2) is 5.66 Å². The minimum atomic E-state index is -0.605. The van der Waals surface area contributed by atoms with Crippen molar-refractivity contribution in [2.24, 2.45) is 5.41 Å².